The van der Waals surface area contributed by atoms with Crippen molar-refractivity contribution in [3.8, 4) is 0 Å². The van der Waals surface area contributed by atoms with Crippen LogP contribution in [0.1, 0.15) is 52.9 Å². The van der Waals surface area contributed by atoms with E-state index in [-0.39, 0.29) is 0 Å². The SMILES string of the molecule is CCC=CCC(C)(C)CCCC=O. The molecular weight excluding hydrogens is 160 g/mol. The molecular formula is C12H22O. The highest BCUT2D eigenvalue weighted by Gasteiger charge is 2.14. The van der Waals surface area contributed by atoms with Crippen molar-refractivity contribution in [1.82, 2.24) is 0 Å². The van der Waals surface area contributed by atoms with Gasteiger partial charge in [-0.3, -0.25) is 0 Å². The molecule has 0 rings (SSSR count). The molecule has 76 valence electrons. The molecule has 0 N–H and O–H groups in total. The number of hydrogen-bond acceptors (Lipinski definition) is 1. The van der Waals surface area contributed by atoms with Crippen LogP contribution < -0.4 is 0 Å². The number of carbonyl (C=O) groups excluding carboxylic acids is 1. The standard InChI is InChI=1S/C12H22O/c1-4-5-6-9-12(2,3)10-7-8-11-13/h5-6,11H,4,7-10H2,1-3H3. The minimum absolute atomic E-state index is 0.356. The van der Waals surface area contributed by atoms with Gasteiger partial charge < -0.3 is 4.79 Å². The fourth-order valence-electron chi connectivity index (χ4n) is 1.34. The zero-order valence-electron chi connectivity index (χ0n) is 9.18. The molecule has 0 atom stereocenters. The topological polar surface area (TPSA) is 17.1 Å². The summed E-state index contributed by atoms with van der Waals surface area (Å²) in [5.74, 6) is 0. The largest absolute Gasteiger partial charge is 0.303 e. The lowest BCUT2D eigenvalue weighted by molar-refractivity contribution is -0.108. The van der Waals surface area contributed by atoms with Crippen LogP contribution in [0.3, 0.4) is 0 Å². The third-order valence-corrected chi connectivity index (χ3v) is 2.25. The van der Waals surface area contributed by atoms with E-state index in [1.165, 1.54) is 0 Å². The van der Waals surface area contributed by atoms with E-state index < -0.39 is 0 Å². The summed E-state index contributed by atoms with van der Waals surface area (Å²) < 4.78 is 0. The molecule has 0 aromatic heterocycles. The van der Waals surface area contributed by atoms with Gasteiger partial charge in [0.05, 0.1) is 0 Å². The van der Waals surface area contributed by atoms with E-state index >= 15 is 0 Å². The number of hydrogen-bond donors (Lipinski definition) is 0. The van der Waals surface area contributed by atoms with Crippen molar-refractivity contribution in [2.24, 2.45) is 5.41 Å². The van der Waals surface area contributed by atoms with E-state index in [0.29, 0.717) is 11.8 Å². The summed E-state index contributed by atoms with van der Waals surface area (Å²) in [7, 11) is 0. The van der Waals surface area contributed by atoms with Gasteiger partial charge in [0.25, 0.3) is 0 Å². The van der Waals surface area contributed by atoms with Crippen LogP contribution >= 0.6 is 0 Å². The van der Waals surface area contributed by atoms with Crippen LogP contribution in [0.2, 0.25) is 0 Å². The van der Waals surface area contributed by atoms with Crippen LogP contribution in [0, 0.1) is 5.41 Å². The number of unbranched alkanes of at least 4 members (excludes halogenated alkanes) is 1. The number of aldehydes is 1. The molecule has 0 heterocycles. The van der Waals surface area contributed by atoms with Gasteiger partial charge >= 0.3 is 0 Å². The van der Waals surface area contributed by atoms with Gasteiger partial charge in [0.15, 0.2) is 0 Å². The van der Waals surface area contributed by atoms with Crippen molar-refractivity contribution >= 4 is 6.29 Å². The van der Waals surface area contributed by atoms with Gasteiger partial charge in [-0.05, 0) is 31.1 Å². The molecule has 0 fully saturated rings. The highest BCUT2D eigenvalue weighted by Crippen LogP contribution is 2.27. The van der Waals surface area contributed by atoms with Crippen LogP contribution in [0.25, 0.3) is 0 Å². The first-order valence-electron chi connectivity index (χ1n) is 5.21. The molecule has 0 aliphatic carbocycles. The normalized spacial score (nSPS) is 12.2. The third-order valence-electron chi connectivity index (χ3n) is 2.25. The number of rotatable bonds is 7. The fourth-order valence-corrected chi connectivity index (χ4v) is 1.34. The van der Waals surface area contributed by atoms with Crippen molar-refractivity contribution in [3.05, 3.63) is 12.2 Å². The second kappa shape index (κ2) is 6.88. The Morgan fingerprint density at radius 3 is 2.46 bits per heavy atom. The van der Waals surface area contributed by atoms with E-state index in [4.69, 9.17) is 0 Å². The predicted molar refractivity (Wildman–Crippen MR) is 57.7 cm³/mol. The van der Waals surface area contributed by atoms with Crippen molar-refractivity contribution < 1.29 is 4.79 Å². The molecule has 0 spiro atoms. The van der Waals surface area contributed by atoms with Crippen LogP contribution in [0.15, 0.2) is 12.2 Å². The highest BCUT2D eigenvalue weighted by molar-refractivity contribution is 5.48. The minimum Gasteiger partial charge on any atom is -0.303 e. The maximum Gasteiger partial charge on any atom is 0.119 e. The van der Waals surface area contributed by atoms with Gasteiger partial charge in [-0.1, -0.05) is 32.9 Å². The van der Waals surface area contributed by atoms with Gasteiger partial charge in [0.1, 0.15) is 6.29 Å². The van der Waals surface area contributed by atoms with E-state index in [0.717, 1.165) is 32.0 Å². The van der Waals surface area contributed by atoms with Gasteiger partial charge in [-0.15, -0.1) is 0 Å². The summed E-state index contributed by atoms with van der Waals surface area (Å²) >= 11 is 0. The number of allylic oxidation sites excluding steroid dienone is 2. The molecule has 0 saturated carbocycles. The Morgan fingerprint density at radius 1 is 1.23 bits per heavy atom. The summed E-state index contributed by atoms with van der Waals surface area (Å²) in [6, 6.07) is 0. The Hall–Kier alpha value is -0.590. The molecule has 0 amide bonds. The zero-order chi connectivity index (χ0) is 10.2. The minimum atomic E-state index is 0.356. The van der Waals surface area contributed by atoms with E-state index in [2.05, 4.69) is 32.9 Å². The molecule has 1 nitrogen and oxygen atoms in total. The summed E-state index contributed by atoms with van der Waals surface area (Å²) in [6.45, 7) is 6.67. The molecule has 13 heavy (non-hydrogen) atoms. The molecule has 0 aliphatic rings. The van der Waals surface area contributed by atoms with Crippen molar-refractivity contribution in [2.75, 3.05) is 0 Å². The van der Waals surface area contributed by atoms with Crippen LogP contribution in [-0.2, 0) is 4.79 Å². The van der Waals surface area contributed by atoms with E-state index in [1.54, 1.807) is 0 Å². The Balaban J connectivity index is 3.65. The Labute approximate surface area is 82.2 Å². The molecule has 0 saturated heterocycles. The van der Waals surface area contributed by atoms with Crippen LogP contribution in [0.5, 0.6) is 0 Å². The first-order chi connectivity index (χ1) is 6.12. The van der Waals surface area contributed by atoms with E-state index in [1.807, 2.05) is 0 Å². The van der Waals surface area contributed by atoms with Crippen LogP contribution in [0.4, 0.5) is 0 Å². The quantitative estimate of drug-likeness (QED) is 0.333. The van der Waals surface area contributed by atoms with Gasteiger partial charge in [0, 0.05) is 6.42 Å². The lowest BCUT2D eigenvalue weighted by atomic mass is 9.84. The summed E-state index contributed by atoms with van der Waals surface area (Å²) in [5, 5.41) is 0. The number of carbonyl (C=O) groups is 1. The van der Waals surface area contributed by atoms with Crippen molar-refractivity contribution in [2.45, 2.75) is 52.9 Å². The average Bonchev–Trinajstić information content (AvgIpc) is 2.05. The Kier molecular flexibility index (Phi) is 6.56. The monoisotopic (exact) mass is 182 g/mol. The molecule has 0 aliphatic heterocycles. The zero-order valence-corrected chi connectivity index (χ0v) is 9.18. The molecule has 0 aromatic carbocycles. The van der Waals surface area contributed by atoms with Crippen molar-refractivity contribution in [3.63, 3.8) is 0 Å². The van der Waals surface area contributed by atoms with Gasteiger partial charge in [0.2, 0.25) is 0 Å². The lowest BCUT2D eigenvalue weighted by Gasteiger charge is -2.22. The average molecular weight is 182 g/mol. The van der Waals surface area contributed by atoms with E-state index in [9.17, 15) is 4.79 Å². The van der Waals surface area contributed by atoms with Crippen LogP contribution in [-0.4, -0.2) is 6.29 Å². The molecule has 0 bridgehead atoms. The molecule has 1 heteroatoms. The van der Waals surface area contributed by atoms with Crippen molar-refractivity contribution in [1.29, 1.82) is 0 Å². The summed E-state index contributed by atoms with van der Waals surface area (Å²) in [6.07, 6.45) is 10.6. The second-order valence-corrected chi connectivity index (χ2v) is 4.31. The molecule has 0 aromatic rings. The summed E-state index contributed by atoms with van der Waals surface area (Å²) in [5.41, 5.74) is 0.356. The Morgan fingerprint density at radius 2 is 1.92 bits per heavy atom. The maximum absolute atomic E-state index is 10.1. The van der Waals surface area contributed by atoms with Gasteiger partial charge in [-0.25, -0.2) is 0 Å². The van der Waals surface area contributed by atoms with Gasteiger partial charge in [-0.2, -0.15) is 0 Å². The summed E-state index contributed by atoms with van der Waals surface area (Å²) in [4.78, 5) is 10.1. The lowest BCUT2D eigenvalue weighted by Crippen LogP contribution is -2.09. The molecule has 0 unspecified atom stereocenters. The smallest absolute Gasteiger partial charge is 0.119 e. The molecule has 0 radical (unpaired) electrons. The fraction of sp³-hybridized carbons (Fsp3) is 0.750. The first-order valence-corrected chi connectivity index (χ1v) is 5.21. The maximum atomic E-state index is 10.1. The first kappa shape index (κ1) is 12.4. The Bertz CT molecular complexity index is 157. The highest BCUT2D eigenvalue weighted by atomic mass is 16.1. The second-order valence-electron chi connectivity index (χ2n) is 4.31. The third kappa shape index (κ3) is 7.76. The predicted octanol–water partition coefficient (Wildman–Crippen LogP) is 3.74.